The Morgan fingerprint density at radius 3 is 1.64 bits per heavy atom. The smallest absolute Gasteiger partial charge is 0.327 e. The summed E-state index contributed by atoms with van der Waals surface area (Å²) in [6.45, 7) is 7.88. The van der Waals surface area contributed by atoms with Crippen molar-refractivity contribution in [3.63, 3.8) is 0 Å². The third-order valence-electron chi connectivity index (χ3n) is 0.379. The van der Waals surface area contributed by atoms with Gasteiger partial charge in [0, 0.05) is 6.08 Å². The maximum Gasteiger partial charge on any atom is 0.327 e. The number of ether oxygens (including phenoxy) is 1. The van der Waals surface area contributed by atoms with E-state index in [1.807, 2.05) is 0 Å². The number of carboxylic acids is 1. The van der Waals surface area contributed by atoms with Crippen LogP contribution in [0.15, 0.2) is 25.5 Å². The highest BCUT2D eigenvalue weighted by atomic mass is 16.6. The lowest BCUT2D eigenvalue weighted by Crippen LogP contribution is -1.82. The fraction of sp³-hybridized carbons (Fsp3) is 0.286. The van der Waals surface area contributed by atoms with Crippen molar-refractivity contribution in [3.8, 4) is 0 Å². The maximum atomic E-state index is 9.25. The van der Waals surface area contributed by atoms with Crippen LogP contribution in [0.25, 0.3) is 0 Å². The Balaban J connectivity index is 0. The van der Waals surface area contributed by atoms with E-state index < -0.39 is 5.97 Å². The van der Waals surface area contributed by atoms with Crippen molar-refractivity contribution in [1.82, 2.24) is 0 Å². The third-order valence-corrected chi connectivity index (χ3v) is 0.379. The van der Waals surface area contributed by atoms with Gasteiger partial charge in [-0.3, -0.25) is 0 Å². The van der Waals surface area contributed by atoms with Crippen molar-refractivity contribution in [2.75, 3.05) is 13.2 Å². The summed E-state index contributed by atoms with van der Waals surface area (Å²) >= 11 is 0. The van der Waals surface area contributed by atoms with Gasteiger partial charge < -0.3 is 14.9 Å². The van der Waals surface area contributed by atoms with Crippen molar-refractivity contribution in [2.24, 2.45) is 0 Å². The first-order chi connectivity index (χ1) is 5.18. The van der Waals surface area contributed by atoms with Crippen molar-refractivity contribution < 1.29 is 19.7 Å². The summed E-state index contributed by atoms with van der Waals surface area (Å²) in [4.78, 5) is 9.25. The molecule has 0 saturated carbocycles. The second kappa shape index (κ2) is 11.5. The summed E-state index contributed by atoms with van der Waals surface area (Å²) in [5.41, 5.74) is 0. The zero-order chi connectivity index (χ0) is 9.11. The molecule has 1 rings (SSSR count). The van der Waals surface area contributed by atoms with E-state index in [-0.39, 0.29) is 0 Å². The van der Waals surface area contributed by atoms with Crippen molar-refractivity contribution in [3.05, 3.63) is 25.5 Å². The first-order valence-corrected chi connectivity index (χ1v) is 2.87. The van der Waals surface area contributed by atoms with Gasteiger partial charge in [0.2, 0.25) is 0 Å². The van der Waals surface area contributed by atoms with Gasteiger partial charge in [0.15, 0.2) is 0 Å². The van der Waals surface area contributed by atoms with Crippen LogP contribution in [-0.2, 0) is 9.53 Å². The Morgan fingerprint density at radius 1 is 1.45 bits per heavy atom. The molecule has 0 bridgehead atoms. The van der Waals surface area contributed by atoms with Crippen molar-refractivity contribution in [2.45, 2.75) is 0 Å². The van der Waals surface area contributed by atoms with E-state index in [9.17, 15) is 4.79 Å². The molecule has 4 heteroatoms. The standard InChI is InChI=1S/C3H4O2.2C2H4O/c1-2-3(4)5;1-2-3-1;1-2-3/h2H,1H2,(H,4,5);1-2H2;2-3H,1H2. The summed E-state index contributed by atoms with van der Waals surface area (Å²) in [5, 5.41) is 14.9. The number of rotatable bonds is 1. The van der Waals surface area contributed by atoms with E-state index in [1.54, 1.807) is 0 Å². The molecule has 0 radical (unpaired) electrons. The van der Waals surface area contributed by atoms with Crippen LogP contribution in [0.2, 0.25) is 0 Å². The lowest BCUT2D eigenvalue weighted by Gasteiger charge is -1.64. The molecule has 0 amide bonds. The van der Waals surface area contributed by atoms with Gasteiger partial charge in [0.05, 0.1) is 19.5 Å². The van der Waals surface area contributed by atoms with Gasteiger partial charge in [-0.1, -0.05) is 13.2 Å². The normalized spacial score (nSPS) is 10.5. The highest BCUT2D eigenvalue weighted by Crippen LogP contribution is 1.84. The van der Waals surface area contributed by atoms with Crippen molar-refractivity contribution >= 4 is 5.97 Å². The monoisotopic (exact) mass is 160 g/mol. The molecule has 0 unspecified atom stereocenters. The highest BCUT2D eigenvalue weighted by Gasteiger charge is 1.94. The molecule has 2 N–H and O–H groups in total. The van der Waals surface area contributed by atoms with Crippen LogP contribution in [-0.4, -0.2) is 29.4 Å². The van der Waals surface area contributed by atoms with Gasteiger partial charge >= 0.3 is 5.97 Å². The predicted octanol–water partition coefficient (Wildman–Crippen LogP) is 0.962. The number of aliphatic carboxylic acids is 1. The van der Waals surface area contributed by atoms with E-state index in [0.717, 1.165) is 25.6 Å². The highest BCUT2D eigenvalue weighted by molar-refractivity contribution is 5.78. The molecule has 1 aliphatic heterocycles. The van der Waals surface area contributed by atoms with Crippen LogP contribution in [0, 0.1) is 0 Å². The molecule has 1 saturated heterocycles. The molecule has 0 aromatic heterocycles. The van der Waals surface area contributed by atoms with Crippen LogP contribution >= 0.6 is 0 Å². The van der Waals surface area contributed by atoms with Gasteiger partial charge in [-0.15, -0.1) is 0 Å². The number of aliphatic hydroxyl groups is 1. The molecule has 1 heterocycles. The summed E-state index contributed by atoms with van der Waals surface area (Å²) in [6.07, 6.45) is 1.58. The molecule has 64 valence electrons. The molecule has 0 aliphatic carbocycles. The summed E-state index contributed by atoms with van der Waals surface area (Å²) in [7, 11) is 0. The molecule has 0 aromatic carbocycles. The first-order valence-electron chi connectivity index (χ1n) is 2.87. The number of carboxylic acid groups (broad SMARTS) is 1. The second-order valence-electron chi connectivity index (χ2n) is 1.34. The molecule has 1 fully saturated rings. The van der Waals surface area contributed by atoms with Gasteiger partial charge in [-0.05, 0) is 0 Å². The van der Waals surface area contributed by atoms with E-state index >= 15 is 0 Å². The fourth-order valence-corrected chi connectivity index (χ4v) is 0. The maximum absolute atomic E-state index is 9.25. The SMILES string of the molecule is C1CO1.C=CC(=O)O.C=CO. The number of hydrogen-bond acceptors (Lipinski definition) is 3. The average molecular weight is 160 g/mol. The topological polar surface area (TPSA) is 70.1 Å². The predicted molar refractivity (Wildman–Crippen MR) is 41.5 cm³/mol. The first kappa shape index (κ1) is 12.4. The van der Waals surface area contributed by atoms with Crippen LogP contribution in [0.5, 0.6) is 0 Å². The molecule has 4 nitrogen and oxygen atoms in total. The Morgan fingerprint density at radius 2 is 1.64 bits per heavy atom. The molecule has 0 aromatic rings. The lowest BCUT2D eigenvalue weighted by atomic mass is 10.7. The van der Waals surface area contributed by atoms with E-state index in [1.165, 1.54) is 0 Å². The number of epoxide rings is 1. The average Bonchev–Trinajstić information content (AvgIpc) is 2.73. The van der Waals surface area contributed by atoms with E-state index in [4.69, 9.17) is 10.2 Å². The van der Waals surface area contributed by atoms with Gasteiger partial charge in [0.25, 0.3) is 0 Å². The zero-order valence-corrected chi connectivity index (χ0v) is 6.19. The number of carbonyl (C=O) groups is 1. The molecule has 0 spiro atoms. The van der Waals surface area contributed by atoms with Gasteiger partial charge in [0.1, 0.15) is 0 Å². The fourth-order valence-electron chi connectivity index (χ4n) is 0. The summed E-state index contributed by atoms with van der Waals surface area (Å²) in [6, 6.07) is 0. The van der Waals surface area contributed by atoms with E-state index in [0.29, 0.717) is 0 Å². The van der Waals surface area contributed by atoms with E-state index in [2.05, 4.69) is 17.9 Å². The molecular formula is C7H12O4. The number of aliphatic hydroxyl groups excluding tert-OH is 1. The molecule has 11 heavy (non-hydrogen) atoms. The molecule has 1 aliphatic rings. The minimum absolute atomic E-state index is 0.750. The Kier molecular flexibility index (Phi) is 13.0. The number of hydrogen-bond donors (Lipinski definition) is 2. The van der Waals surface area contributed by atoms with Crippen LogP contribution in [0.3, 0.4) is 0 Å². The lowest BCUT2D eigenvalue weighted by molar-refractivity contribution is -0.131. The Hall–Kier alpha value is -1.29. The third kappa shape index (κ3) is 134. The Labute approximate surface area is 65.4 Å². The molecule has 0 atom stereocenters. The summed E-state index contributed by atoms with van der Waals surface area (Å²) < 4.78 is 4.50. The largest absolute Gasteiger partial charge is 0.516 e. The molecular weight excluding hydrogens is 148 g/mol. The minimum Gasteiger partial charge on any atom is -0.516 e. The zero-order valence-electron chi connectivity index (χ0n) is 6.19. The van der Waals surface area contributed by atoms with Crippen LogP contribution in [0.1, 0.15) is 0 Å². The van der Waals surface area contributed by atoms with Crippen molar-refractivity contribution in [1.29, 1.82) is 0 Å². The van der Waals surface area contributed by atoms with Crippen LogP contribution < -0.4 is 0 Å². The van der Waals surface area contributed by atoms with Gasteiger partial charge in [-0.25, -0.2) is 4.79 Å². The van der Waals surface area contributed by atoms with Crippen LogP contribution in [0.4, 0.5) is 0 Å². The Bertz CT molecular complexity index is 115. The quantitative estimate of drug-likeness (QED) is 0.340. The second-order valence-corrected chi connectivity index (χ2v) is 1.34. The minimum atomic E-state index is -0.981. The van der Waals surface area contributed by atoms with Gasteiger partial charge in [-0.2, -0.15) is 0 Å². The summed E-state index contributed by atoms with van der Waals surface area (Å²) in [5.74, 6) is -0.981.